The normalized spacial score (nSPS) is 10.4. The highest BCUT2D eigenvalue weighted by molar-refractivity contribution is 5.62. The van der Waals surface area contributed by atoms with Gasteiger partial charge in [-0.1, -0.05) is 0 Å². The average molecular weight is 291 g/mol. The number of hydrogen-bond donors (Lipinski definition) is 1. The molecule has 2 heterocycles. The number of nitrogens with zero attached hydrogens (tertiary/aromatic N) is 4. The van der Waals surface area contributed by atoms with Crippen LogP contribution in [0.2, 0.25) is 0 Å². The zero-order valence-corrected chi connectivity index (χ0v) is 12.2. The van der Waals surface area contributed by atoms with E-state index >= 15 is 0 Å². The third-order valence-corrected chi connectivity index (χ3v) is 2.92. The second-order valence-corrected chi connectivity index (χ2v) is 4.58. The van der Waals surface area contributed by atoms with Gasteiger partial charge >= 0.3 is 5.69 Å². The van der Waals surface area contributed by atoms with E-state index in [0.29, 0.717) is 24.7 Å². The van der Waals surface area contributed by atoms with Crippen molar-refractivity contribution in [2.24, 2.45) is 0 Å². The van der Waals surface area contributed by atoms with Gasteiger partial charge in [0.15, 0.2) is 0 Å². The Hall–Kier alpha value is -2.64. The molecular weight excluding hydrogens is 274 g/mol. The summed E-state index contributed by atoms with van der Waals surface area (Å²) in [6.07, 6.45) is 3.16. The third-order valence-electron chi connectivity index (χ3n) is 2.92. The molecule has 0 aliphatic carbocycles. The number of hydrogen-bond acceptors (Lipinski definition) is 7. The van der Waals surface area contributed by atoms with E-state index in [1.165, 1.54) is 0 Å². The zero-order valence-electron chi connectivity index (χ0n) is 12.2. The van der Waals surface area contributed by atoms with E-state index in [9.17, 15) is 10.1 Å². The predicted molar refractivity (Wildman–Crippen MR) is 78.4 cm³/mol. The largest absolute Gasteiger partial charge is 0.472 e. The van der Waals surface area contributed by atoms with Gasteiger partial charge in [0.25, 0.3) is 0 Å². The van der Waals surface area contributed by atoms with E-state index in [4.69, 9.17) is 4.42 Å². The van der Waals surface area contributed by atoms with Crippen molar-refractivity contribution in [1.82, 2.24) is 9.97 Å². The summed E-state index contributed by atoms with van der Waals surface area (Å²) in [6, 6.07) is 1.81. The second-order valence-electron chi connectivity index (χ2n) is 4.58. The second kappa shape index (κ2) is 6.21. The van der Waals surface area contributed by atoms with E-state index < -0.39 is 4.92 Å². The fourth-order valence-electron chi connectivity index (χ4n) is 2.00. The molecule has 0 radical (unpaired) electrons. The monoisotopic (exact) mass is 291 g/mol. The minimum Gasteiger partial charge on any atom is -0.472 e. The molecule has 0 unspecified atom stereocenters. The van der Waals surface area contributed by atoms with Crippen LogP contribution in [0.3, 0.4) is 0 Å². The number of furan rings is 1. The summed E-state index contributed by atoms with van der Waals surface area (Å²) in [7, 11) is 1.75. The Balaban J connectivity index is 2.40. The molecule has 1 N–H and O–H groups in total. The summed E-state index contributed by atoms with van der Waals surface area (Å²) in [5, 5.41) is 14.3. The van der Waals surface area contributed by atoms with Crippen LogP contribution >= 0.6 is 0 Å². The highest BCUT2D eigenvalue weighted by atomic mass is 16.6. The topological polar surface area (TPSA) is 97.3 Å². The Labute approximate surface area is 122 Å². The lowest BCUT2D eigenvalue weighted by atomic mass is 10.3. The predicted octanol–water partition coefficient (Wildman–Crippen LogP) is 2.35. The molecule has 2 aromatic heterocycles. The van der Waals surface area contributed by atoms with Crippen molar-refractivity contribution in [2.45, 2.75) is 20.4 Å². The highest BCUT2D eigenvalue weighted by Crippen LogP contribution is 2.29. The first-order valence-electron chi connectivity index (χ1n) is 6.52. The van der Waals surface area contributed by atoms with Crippen molar-refractivity contribution in [3.05, 3.63) is 40.0 Å². The van der Waals surface area contributed by atoms with Gasteiger partial charge in [0.1, 0.15) is 5.69 Å². The lowest BCUT2D eigenvalue weighted by Gasteiger charge is -2.18. The Morgan fingerprint density at radius 2 is 2.24 bits per heavy atom. The van der Waals surface area contributed by atoms with Crippen LogP contribution in [0.4, 0.5) is 17.5 Å². The van der Waals surface area contributed by atoms with Gasteiger partial charge in [0.2, 0.25) is 11.8 Å². The molecule has 2 aromatic rings. The van der Waals surface area contributed by atoms with E-state index in [-0.39, 0.29) is 11.5 Å². The zero-order chi connectivity index (χ0) is 15.4. The Morgan fingerprint density at radius 1 is 1.48 bits per heavy atom. The van der Waals surface area contributed by atoms with Crippen LogP contribution in [-0.4, -0.2) is 28.5 Å². The molecule has 8 heteroatoms. The summed E-state index contributed by atoms with van der Waals surface area (Å²) in [5.41, 5.74) is 1.16. The number of anilines is 2. The maximum atomic E-state index is 11.3. The van der Waals surface area contributed by atoms with Crippen LogP contribution < -0.4 is 10.2 Å². The minimum absolute atomic E-state index is 0.0809. The summed E-state index contributed by atoms with van der Waals surface area (Å²) < 4.78 is 5.01. The van der Waals surface area contributed by atoms with Crippen molar-refractivity contribution >= 4 is 17.5 Å². The van der Waals surface area contributed by atoms with E-state index in [1.54, 1.807) is 31.4 Å². The first kappa shape index (κ1) is 14.8. The summed E-state index contributed by atoms with van der Waals surface area (Å²) in [5.74, 6) is 0.666. The number of aromatic nitrogens is 2. The molecule has 0 aliphatic rings. The minimum atomic E-state index is -0.452. The third kappa shape index (κ3) is 3.28. The lowest BCUT2D eigenvalue weighted by Crippen LogP contribution is -2.20. The molecule has 0 amide bonds. The first-order valence-corrected chi connectivity index (χ1v) is 6.52. The quantitative estimate of drug-likeness (QED) is 0.644. The molecule has 21 heavy (non-hydrogen) atoms. The van der Waals surface area contributed by atoms with Gasteiger partial charge in [0, 0.05) is 25.7 Å². The van der Waals surface area contributed by atoms with Crippen LogP contribution in [0.5, 0.6) is 0 Å². The van der Waals surface area contributed by atoms with E-state index in [0.717, 1.165) is 5.56 Å². The maximum absolute atomic E-state index is 11.3. The Bertz CT molecular complexity index is 627. The van der Waals surface area contributed by atoms with Crippen LogP contribution in [-0.2, 0) is 6.54 Å². The standard InChI is InChI=1S/C13H17N5O3/c1-4-14-13-15-9(2)11(18(19)20)12(16-13)17(3)7-10-5-6-21-8-10/h5-6,8H,4,7H2,1-3H3,(H,14,15,16). The molecule has 0 saturated heterocycles. The fraction of sp³-hybridized carbons (Fsp3) is 0.385. The molecule has 0 fully saturated rings. The van der Waals surface area contributed by atoms with Crippen molar-refractivity contribution in [3.63, 3.8) is 0 Å². The van der Waals surface area contributed by atoms with Crippen molar-refractivity contribution in [1.29, 1.82) is 0 Å². The Kier molecular flexibility index (Phi) is 4.36. The highest BCUT2D eigenvalue weighted by Gasteiger charge is 2.25. The summed E-state index contributed by atoms with van der Waals surface area (Å²) in [4.78, 5) is 20.9. The van der Waals surface area contributed by atoms with Crippen LogP contribution in [0.1, 0.15) is 18.2 Å². The van der Waals surface area contributed by atoms with E-state index in [1.807, 2.05) is 13.0 Å². The van der Waals surface area contributed by atoms with Gasteiger partial charge in [-0.15, -0.1) is 0 Å². The molecule has 8 nitrogen and oxygen atoms in total. The number of aryl methyl sites for hydroxylation is 1. The van der Waals surface area contributed by atoms with Gasteiger partial charge in [-0.2, -0.15) is 4.98 Å². The molecule has 112 valence electrons. The van der Waals surface area contributed by atoms with Crippen molar-refractivity contribution < 1.29 is 9.34 Å². The number of nitrogens with one attached hydrogen (secondary N) is 1. The number of nitro groups is 1. The lowest BCUT2D eigenvalue weighted by molar-refractivity contribution is -0.385. The van der Waals surface area contributed by atoms with Gasteiger partial charge in [0.05, 0.1) is 17.4 Å². The molecule has 2 rings (SSSR count). The van der Waals surface area contributed by atoms with Crippen molar-refractivity contribution in [3.8, 4) is 0 Å². The molecule has 0 atom stereocenters. The molecule has 0 bridgehead atoms. The van der Waals surface area contributed by atoms with Gasteiger partial charge in [-0.3, -0.25) is 10.1 Å². The fourth-order valence-corrected chi connectivity index (χ4v) is 2.00. The summed E-state index contributed by atoms with van der Waals surface area (Å²) in [6.45, 7) is 4.62. The molecule has 0 aliphatic heterocycles. The summed E-state index contributed by atoms with van der Waals surface area (Å²) >= 11 is 0. The smallest absolute Gasteiger partial charge is 0.332 e. The van der Waals surface area contributed by atoms with Crippen molar-refractivity contribution in [2.75, 3.05) is 23.8 Å². The molecular formula is C13H17N5O3. The molecule has 0 spiro atoms. The van der Waals surface area contributed by atoms with Crippen LogP contribution in [0.25, 0.3) is 0 Å². The van der Waals surface area contributed by atoms with Crippen LogP contribution in [0.15, 0.2) is 23.0 Å². The SMILES string of the molecule is CCNc1nc(C)c([N+](=O)[O-])c(N(C)Cc2ccoc2)n1. The van der Waals surface area contributed by atoms with Gasteiger partial charge in [-0.05, 0) is 19.9 Å². The van der Waals surface area contributed by atoms with E-state index in [2.05, 4.69) is 15.3 Å². The van der Waals surface area contributed by atoms with Crippen LogP contribution in [0, 0.1) is 17.0 Å². The number of rotatable bonds is 6. The molecule has 0 saturated carbocycles. The maximum Gasteiger partial charge on any atom is 0.332 e. The average Bonchev–Trinajstić information content (AvgIpc) is 2.90. The van der Waals surface area contributed by atoms with Gasteiger partial charge in [-0.25, -0.2) is 4.98 Å². The Morgan fingerprint density at radius 3 is 2.81 bits per heavy atom. The molecule has 0 aromatic carbocycles. The first-order chi connectivity index (χ1) is 10.0. The van der Waals surface area contributed by atoms with Gasteiger partial charge < -0.3 is 14.6 Å².